The number of nitrogens with one attached hydrogen (secondary N) is 1. The molecule has 2 spiro atoms. The van der Waals surface area contributed by atoms with Crippen LogP contribution in [0.15, 0.2) is 21.2 Å². The monoisotopic (exact) mass is 1240 g/mol. The molecule has 10 rings (SSSR count). The summed E-state index contributed by atoms with van der Waals surface area (Å²) < 4.78 is 88.4. The molecule has 26 heteroatoms. The molecule has 4 atom stereocenters. The van der Waals surface area contributed by atoms with Crippen molar-refractivity contribution in [2.45, 2.75) is 102 Å². The van der Waals surface area contributed by atoms with Gasteiger partial charge in [-0.1, -0.05) is 10.3 Å². The fraction of sp³-hybridized carbons (Fsp3) is 0.743. The first-order chi connectivity index (χ1) is 27.7. The van der Waals surface area contributed by atoms with E-state index in [2.05, 4.69) is 24.2 Å². The molecule has 2 aromatic rings. The summed E-state index contributed by atoms with van der Waals surface area (Å²) in [6.45, 7) is 9.23. The molecule has 2 aliphatic carbocycles. The number of hydrogen-bond acceptors (Lipinski definition) is 15. The number of hydrogen-bond donors (Lipinski definition) is 3. The van der Waals surface area contributed by atoms with Crippen molar-refractivity contribution in [3.05, 3.63) is 35.0 Å². The van der Waals surface area contributed by atoms with Crippen molar-refractivity contribution in [1.29, 1.82) is 0 Å². The largest absolute Gasteiger partial charge is 0.444 e. The first-order valence-corrected chi connectivity index (χ1v) is 22.5. The Bertz CT molecular complexity index is 2240. The molecule has 336 valence electrons. The molecule has 22 nitrogen and oxygen atoms in total. The maximum Gasteiger partial charge on any atom is 0.418 e. The van der Waals surface area contributed by atoms with Gasteiger partial charge >= 0.3 is 39.0 Å². The van der Waals surface area contributed by atoms with Gasteiger partial charge in [0.05, 0.1) is 24.2 Å². The van der Waals surface area contributed by atoms with Crippen LogP contribution in [-0.2, 0) is 89.1 Å². The number of urea groups is 2. The molecule has 6 saturated heterocycles. The molecule has 8 aliphatic rings. The predicted octanol–water partition coefficient (Wildman–Crippen LogP) is 2.65. The Hall–Kier alpha value is -2.69. The summed E-state index contributed by atoms with van der Waals surface area (Å²) >= 11 is 0. The number of nitrogens with zero attached hydrogens (tertiary/aromatic N) is 7. The van der Waals surface area contributed by atoms with E-state index in [1.165, 1.54) is 4.90 Å². The summed E-state index contributed by atoms with van der Waals surface area (Å²) in [4.78, 5) is 42.4. The van der Waals surface area contributed by atoms with Gasteiger partial charge in [-0.2, -0.15) is 27.0 Å². The smallest absolute Gasteiger partial charge is 0.418 e. The Kier molecular flexibility index (Phi) is 12.4. The molecule has 0 unspecified atom stereocenters. The van der Waals surface area contributed by atoms with Gasteiger partial charge in [-0.15, -0.1) is 8.57 Å². The van der Waals surface area contributed by atoms with Crippen LogP contribution >= 0.6 is 0 Å². The average molecular weight is 1240 g/mol. The molecule has 4 bridgehead atoms. The van der Waals surface area contributed by atoms with Crippen LogP contribution in [0.3, 0.4) is 0 Å². The van der Waals surface area contributed by atoms with Gasteiger partial charge in [0.1, 0.15) is 28.5 Å². The van der Waals surface area contributed by atoms with E-state index in [9.17, 15) is 31.2 Å². The van der Waals surface area contributed by atoms with E-state index in [-0.39, 0.29) is 83.1 Å². The Morgan fingerprint density at radius 1 is 0.770 bits per heavy atom. The second-order valence-electron chi connectivity index (χ2n) is 18.3. The Morgan fingerprint density at radius 2 is 1.20 bits per heavy atom. The number of fused-ring (bicyclic) bond motifs is 6. The Labute approximate surface area is 380 Å². The third kappa shape index (κ3) is 9.43. The normalized spacial score (nSPS) is 27.3. The molecule has 8 heterocycles. The number of rotatable bonds is 10. The standard InChI is InChI=1S/C20H28N4O8S.C15H20N4O6S.2W/c1-19(2,3)30-18(26)22-9-12(10-22)6-13-7-14(21-31-13)15-8-20(4-5-20)16-11-23(15)17(25)24(16)32-33(27,28)29;20-14-18-8-13(19(14)25-26(21,22)23)15(1-2-15)5-12(18)11-4-10(24-17-11)3-9-6-16-7-9;;/h7,12,15-16H,4-6,8-11H2,1-3H3,(H,27,28,29);4,9,12-13,16H,1-3,5-8H2,(H,21,22,23);;/t15-,16-;12-,13-;;/m00../s1. The second kappa shape index (κ2) is 16.4. The van der Waals surface area contributed by atoms with Gasteiger partial charge in [0.15, 0.2) is 0 Å². The molecule has 0 aromatic carbocycles. The van der Waals surface area contributed by atoms with E-state index in [1.54, 1.807) is 9.80 Å². The number of amides is 5. The fourth-order valence-corrected chi connectivity index (χ4v) is 10.3. The van der Waals surface area contributed by atoms with E-state index in [0.717, 1.165) is 61.1 Å². The zero-order chi connectivity index (χ0) is 41.9. The van der Waals surface area contributed by atoms with Crippen molar-refractivity contribution in [3.8, 4) is 0 Å². The Balaban J connectivity index is 0.000000182. The molecular formula is C35H48N8O14S2W2. The second-order valence-corrected chi connectivity index (χ2v) is 20.4. The average Bonchev–Trinajstić information content (AvgIpc) is 3.82. The van der Waals surface area contributed by atoms with E-state index >= 15 is 0 Å². The van der Waals surface area contributed by atoms with Crippen LogP contribution in [-0.4, -0.2) is 136 Å². The van der Waals surface area contributed by atoms with Crippen LogP contribution in [0.4, 0.5) is 14.4 Å². The van der Waals surface area contributed by atoms with Gasteiger partial charge < -0.3 is 33.8 Å². The summed E-state index contributed by atoms with van der Waals surface area (Å²) in [7, 11) is -9.55. The van der Waals surface area contributed by atoms with Gasteiger partial charge in [0.2, 0.25) is 0 Å². The van der Waals surface area contributed by atoms with Crippen molar-refractivity contribution in [2.75, 3.05) is 39.3 Å². The molecule has 5 amide bonds. The Morgan fingerprint density at radius 3 is 1.56 bits per heavy atom. The number of likely N-dealkylation sites (tertiary alicyclic amines) is 1. The third-order valence-electron chi connectivity index (χ3n) is 13.0. The van der Waals surface area contributed by atoms with Crippen LogP contribution in [0, 0.1) is 22.7 Å². The summed E-state index contributed by atoms with van der Waals surface area (Å²) in [6, 6.07) is 1.13. The summed E-state index contributed by atoms with van der Waals surface area (Å²) in [6.07, 6.45) is 5.86. The topological polar surface area (TPSA) is 268 Å². The van der Waals surface area contributed by atoms with Gasteiger partial charge in [-0.05, 0) is 89.1 Å². The maximum atomic E-state index is 12.8. The fourth-order valence-electron chi connectivity index (χ4n) is 9.56. The van der Waals surface area contributed by atoms with Crippen LogP contribution in [0.25, 0.3) is 0 Å². The molecule has 2 saturated carbocycles. The summed E-state index contributed by atoms with van der Waals surface area (Å²) in [5.41, 5.74) is 0.335. The van der Waals surface area contributed by atoms with E-state index in [0.29, 0.717) is 68.5 Å². The van der Waals surface area contributed by atoms with Crippen molar-refractivity contribution in [3.63, 3.8) is 0 Å². The van der Waals surface area contributed by atoms with Gasteiger partial charge in [-0.3, -0.25) is 9.11 Å². The molecule has 8 fully saturated rings. The minimum Gasteiger partial charge on any atom is -0.444 e. The number of carbonyl (C=O) groups excluding carboxylic acids is 3. The van der Waals surface area contributed by atoms with Gasteiger partial charge in [-0.25, -0.2) is 14.4 Å². The van der Waals surface area contributed by atoms with E-state index < -0.39 is 44.5 Å². The van der Waals surface area contributed by atoms with Crippen LogP contribution in [0.5, 0.6) is 0 Å². The first-order valence-electron chi connectivity index (χ1n) is 19.8. The maximum absolute atomic E-state index is 12.8. The molecule has 6 aliphatic heterocycles. The van der Waals surface area contributed by atoms with E-state index in [1.807, 2.05) is 32.9 Å². The van der Waals surface area contributed by atoms with Crippen LogP contribution in [0.1, 0.15) is 94.3 Å². The van der Waals surface area contributed by atoms with Crippen molar-refractivity contribution >= 4 is 39.0 Å². The number of piperidine rings is 2. The summed E-state index contributed by atoms with van der Waals surface area (Å²) in [5.74, 6) is 2.25. The van der Waals surface area contributed by atoms with Crippen molar-refractivity contribution in [1.82, 2.24) is 40.5 Å². The first kappa shape index (κ1) is 46.3. The quantitative estimate of drug-likeness (QED) is 0.289. The minimum atomic E-state index is -4.80. The third-order valence-corrected chi connectivity index (χ3v) is 13.7. The zero-order valence-electron chi connectivity index (χ0n) is 33.6. The van der Waals surface area contributed by atoms with E-state index in [4.69, 9.17) is 22.9 Å². The molecule has 61 heavy (non-hydrogen) atoms. The molecule has 0 radical (unpaired) electrons. The number of hydroxylamine groups is 4. The minimum absolute atomic E-state index is 0. The zero-order valence-corrected chi connectivity index (χ0v) is 41.1. The number of aromatic nitrogens is 2. The summed E-state index contributed by atoms with van der Waals surface area (Å²) in [5, 5.41) is 13.2. The van der Waals surface area contributed by atoms with Gasteiger partial charge in [0.25, 0.3) is 0 Å². The molecule has 2 aromatic heterocycles. The molecule has 3 N–H and O–H groups in total. The molecular weight excluding hydrogens is 1190 g/mol. The van der Waals surface area contributed by atoms with Crippen LogP contribution < -0.4 is 5.32 Å². The predicted molar refractivity (Wildman–Crippen MR) is 197 cm³/mol. The number of carbonyl (C=O) groups is 3. The van der Waals surface area contributed by atoms with Gasteiger partial charge in [0, 0.05) is 99.2 Å². The SMILES string of the molecule is CC(C)(C)OC(=O)N1CC(Cc2cc([C@@H]3CC4(CC4)[C@@H]4CN3C(=O)N4OS(=O)(=O)O)no2)C1.O=C1N2C[C@H](N1OS(=O)(=O)O)C1(CC1)C[C@H]2c1cc(CC2CNC2)on1.[W].[W]. The van der Waals surface area contributed by atoms with Crippen LogP contribution in [0.2, 0.25) is 0 Å². The van der Waals surface area contributed by atoms with Crippen molar-refractivity contribution in [2.24, 2.45) is 22.7 Å². The number of ether oxygens (including phenoxy) is 1. The van der Waals surface area contributed by atoms with Crippen molar-refractivity contribution < 1.29 is 105 Å².